The number of nitrogens with two attached hydrogens (primary N) is 1. The molecule has 0 aliphatic carbocycles. The number of nitrogens with one attached hydrogen (secondary N) is 1. The van der Waals surface area contributed by atoms with Crippen molar-refractivity contribution in [2.45, 2.75) is 25.8 Å². The normalized spacial score (nSPS) is 11.7. The third-order valence-electron chi connectivity index (χ3n) is 2.42. The zero-order chi connectivity index (χ0) is 13.7. The van der Waals surface area contributed by atoms with E-state index in [-0.39, 0.29) is 17.8 Å². The van der Waals surface area contributed by atoms with Crippen LogP contribution in [-0.4, -0.2) is 31.0 Å². The highest BCUT2D eigenvalue weighted by molar-refractivity contribution is 7.18. The Morgan fingerprint density at radius 3 is 2.78 bits per heavy atom. The molecular formula is C12H18N4OS. The second kappa shape index (κ2) is 6.26. The fourth-order valence-electron chi connectivity index (χ4n) is 1.36. The van der Waals surface area contributed by atoms with E-state index in [4.69, 9.17) is 12.2 Å². The Morgan fingerprint density at radius 2 is 2.33 bits per heavy atom. The highest BCUT2D eigenvalue weighted by Gasteiger charge is 2.19. The summed E-state index contributed by atoms with van der Waals surface area (Å²) < 4.78 is 0. The number of carbonyl (C=O) groups is 1. The van der Waals surface area contributed by atoms with E-state index in [1.807, 2.05) is 25.9 Å². The first-order valence-corrected chi connectivity index (χ1v) is 6.49. The van der Waals surface area contributed by atoms with Gasteiger partial charge in [-0.3, -0.25) is 4.79 Å². The lowest BCUT2D eigenvalue weighted by Crippen LogP contribution is -2.33. The van der Waals surface area contributed by atoms with Gasteiger partial charge in [0.25, 0.3) is 5.91 Å². The molecule has 1 rings (SSSR count). The standard InChI is InChI=1S/C12H18N4OS/c1-5-7-8(6-2)14-11(17)9-10(13)15-12(18-9)16(3)4/h1,8H,6-7,13H2,2-4H3,(H,14,17). The van der Waals surface area contributed by atoms with E-state index < -0.39 is 0 Å². The SMILES string of the molecule is C#CCC(CC)NC(=O)c1sc(N(C)C)nc1N. The summed E-state index contributed by atoms with van der Waals surface area (Å²) in [5.74, 6) is 2.60. The molecule has 0 spiro atoms. The maximum absolute atomic E-state index is 12.0. The molecule has 0 saturated carbocycles. The summed E-state index contributed by atoms with van der Waals surface area (Å²) in [7, 11) is 3.71. The average molecular weight is 266 g/mol. The molecule has 1 unspecified atom stereocenters. The second-order valence-electron chi connectivity index (χ2n) is 4.09. The predicted octanol–water partition coefficient (Wildman–Crippen LogP) is 1.32. The van der Waals surface area contributed by atoms with Crippen LogP contribution in [0.3, 0.4) is 0 Å². The van der Waals surface area contributed by atoms with Gasteiger partial charge in [-0.25, -0.2) is 4.98 Å². The van der Waals surface area contributed by atoms with Gasteiger partial charge in [0, 0.05) is 26.6 Å². The van der Waals surface area contributed by atoms with Crippen LogP contribution in [0, 0.1) is 12.3 Å². The fourth-order valence-corrected chi connectivity index (χ4v) is 2.18. The van der Waals surface area contributed by atoms with Crippen LogP contribution < -0.4 is 16.0 Å². The van der Waals surface area contributed by atoms with E-state index in [1.54, 1.807) is 0 Å². The zero-order valence-electron chi connectivity index (χ0n) is 10.9. The minimum atomic E-state index is -0.208. The monoisotopic (exact) mass is 266 g/mol. The molecule has 3 N–H and O–H groups in total. The van der Waals surface area contributed by atoms with Crippen LogP contribution >= 0.6 is 11.3 Å². The van der Waals surface area contributed by atoms with E-state index >= 15 is 0 Å². The quantitative estimate of drug-likeness (QED) is 0.789. The highest BCUT2D eigenvalue weighted by atomic mass is 32.1. The largest absolute Gasteiger partial charge is 0.382 e. The van der Waals surface area contributed by atoms with Gasteiger partial charge in [0.2, 0.25) is 0 Å². The molecular weight excluding hydrogens is 248 g/mol. The molecule has 0 aromatic carbocycles. The molecule has 0 fully saturated rings. The molecule has 1 amide bonds. The number of amides is 1. The van der Waals surface area contributed by atoms with Crippen molar-refractivity contribution in [3.05, 3.63) is 4.88 Å². The summed E-state index contributed by atoms with van der Waals surface area (Å²) in [5, 5.41) is 3.58. The smallest absolute Gasteiger partial charge is 0.265 e. The van der Waals surface area contributed by atoms with Gasteiger partial charge in [-0.05, 0) is 6.42 Å². The summed E-state index contributed by atoms with van der Waals surface area (Å²) in [6.07, 6.45) is 6.55. The van der Waals surface area contributed by atoms with Crippen molar-refractivity contribution in [1.29, 1.82) is 0 Å². The Labute approximate surface area is 111 Å². The second-order valence-corrected chi connectivity index (χ2v) is 5.07. The number of aromatic nitrogens is 1. The van der Waals surface area contributed by atoms with Crippen LogP contribution in [0.4, 0.5) is 10.9 Å². The number of terminal acetylenes is 1. The molecule has 5 nitrogen and oxygen atoms in total. The van der Waals surface area contributed by atoms with Crippen LogP contribution in [0.2, 0.25) is 0 Å². The first-order valence-electron chi connectivity index (χ1n) is 5.67. The van der Waals surface area contributed by atoms with Gasteiger partial charge >= 0.3 is 0 Å². The Morgan fingerprint density at radius 1 is 1.67 bits per heavy atom. The average Bonchev–Trinajstić information content (AvgIpc) is 2.71. The first kappa shape index (κ1) is 14.3. The molecule has 0 bridgehead atoms. The number of nitrogen functional groups attached to an aromatic ring is 1. The van der Waals surface area contributed by atoms with E-state index in [0.717, 1.165) is 6.42 Å². The summed E-state index contributed by atoms with van der Waals surface area (Å²) in [6.45, 7) is 1.98. The molecule has 6 heteroatoms. The van der Waals surface area contributed by atoms with Gasteiger partial charge in [0.15, 0.2) is 5.13 Å². The maximum atomic E-state index is 12.0. The van der Waals surface area contributed by atoms with Crippen molar-refractivity contribution in [3.8, 4) is 12.3 Å². The molecule has 1 aromatic heterocycles. The topological polar surface area (TPSA) is 71.2 Å². The molecule has 0 saturated heterocycles. The number of hydrogen-bond acceptors (Lipinski definition) is 5. The van der Waals surface area contributed by atoms with E-state index in [2.05, 4.69) is 16.2 Å². The Kier molecular flexibility index (Phi) is 4.98. The summed E-state index contributed by atoms with van der Waals surface area (Å²) >= 11 is 1.27. The predicted molar refractivity (Wildman–Crippen MR) is 75.8 cm³/mol. The van der Waals surface area contributed by atoms with Crippen LogP contribution in [0.5, 0.6) is 0 Å². The number of hydrogen-bond donors (Lipinski definition) is 2. The van der Waals surface area contributed by atoms with Crippen LogP contribution in [0.15, 0.2) is 0 Å². The van der Waals surface area contributed by atoms with Gasteiger partial charge in [0.1, 0.15) is 10.7 Å². The van der Waals surface area contributed by atoms with Gasteiger partial charge in [-0.2, -0.15) is 0 Å². The van der Waals surface area contributed by atoms with Crippen molar-refractivity contribution in [2.24, 2.45) is 0 Å². The minimum Gasteiger partial charge on any atom is -0.382 e. The number of anilines is 2. The van der Waals surface area contributed by atoms with Crippen LogP contribution in [0.25, 0.3) is 0 Å². The molecule has 1 aromatic rings. The maximum Gasteiger partial charge on any atom is 0.265 e. The third kappa shape index (κ3) is 3.37. The molecule has 0 aliphatic rings. The number of rotatable bonds is 5. The van der Waals surface area contributed by atoms with Crippen molar-refractivity contribution in [3.63, 3.8) is 0 Å². The zero-order valence-corrected chi connectivity index (χ0v) is 11.7. The Balaban J connectivity index is 2.81. The van der Waals surface area contributed by atoms with E-state index in [0.29, 0.717) is 16.4 Å². The molecule has 1 heterocycles. The number of carbonyl (C=O) groups excluding carboxylic acids is 1. The van der Waals surface area contributed by atoms with Gasteiger partial charge < -0.3 is 16.0 Å². The van der Waals surface area contributed by atoms with Crippen molar-refractivity contribution in [1.82, 2.24) is 10.3 Å². The minimum absolute atomic E-state index is 0.0215. The lowest BCUT2D eigenvalue weighted by atomic mass is 10.1. The number of thiazole rings is 1. The van der Waals surface area contributed by atoms with Crippen molar-refractivity contribution in [2.75, 3.05) is 24.7 Å². The van der Waals surface area contributed by atoms with E-state index in [1.165, 1.54) is 11.3 Å². The molecule has 1 atom stereocenters. The van der Waals surface area contributed by atoms with Crippen LogP contribution in [0.1, 0.15) is 29.4 Å². The Bertz CT molecular complexity index is 461. The molecule has 18 heavy (non-hydrogen) atoms. The van der Waals surface area contributed by atoms with Gasteiger partial charge in [0.05, 0.1) is 0 Å². The lowest BCUT2D eigenvalue weighted by Gasteiger charge is -2.13. The van der Waals surface area contributed by atoms with Gasteiger partial charge in [-0.15, -0.1) is 12.3 Å². The highest BCUT2D eigenvalue weighted by Crippen LogP contribution is 2.26. The molecule has 98 valence electrons. The Hall–Kier alpha value is -1.74. The summed E-state index contributed by atoms with van der Waals surface area (Å²) in [4.78, 5) is 18.4. The van der Waals surface area contributed by atoms with E-state index in [9.17, 15) is 4.79 Å². The number of nitrogens with zero attached hydrogens (tertiary/aromatic N) is 2. The third-order valence-corrected chi connectivity index (χ3v) is 3.66. The van der Waals surface area contributed by atoms with Crippen molar-refractivity contribution >= 4 is 28.2 Å². The van der Waals surface area contributed by atoms with Crippen LogP contribution in [-0.2, 0) is 0 Å². The summed E-state index contributed by atoms with van der Waals surface area (Å²) in [6, 6.07) is -0.0215. The fraction of sp³-hybridized carbons (Fsp3) is 0.500. The summed E-state index contributed by atoms with van der Waals surface area (Å²) in [5.41, 5.74) is 5.74. The lowest BCUT2D eigenvalue weighted by molar-refractivity contribution is 0.0941. The first-order chi connectivity index (χ1) is 8.49. The van der Waals surface area contributed by atoms with Gasteiger partial charge in [-0.1, -0.05) is 18.3 Å². The molecule has 0 radical (unpaired) electrons. The van der Waals surface area contributed by atoms with Crippen molar-refractivity contribution < 1.29 is 4.79 Å². The molecule has 0 aliphatic heterocycles.